The number of alkyl halides is 3. The van der Waals surface area contributed by atoms with Gasteiger partial charge in [-0.05, 0) is 24.3 Å². The Morgan fingerprint density at radius 2 is 1.37 bits per heavy atom. The Bertz CT molecular complexity index is 639. The van der Waals surface area contributed by atoms with Gasteiger partial charge in [0.2, 0.25) is 0 Å². The summed E-state index contributed by atoms with van der Waals surface area (Å²) < 4.78 is 93.7. The Hall–Kier alpha value is -0.200. The topological polar surface area (TPSA) is 82.4 Å². The predicted molar refractivity (Wildman–Crippen MR) is 51.9 cm³/mol. The summed E-state index contributed by atoms with van der Waals surface area (Å²) in [6.45, 7) is 0. The van der Waals surface area contributed by atoms with E-state index in [-0.39, 0.29) is 29.6 Å². The molecule has 1 rings (SSSR count). The van der Waals surface area contributed by atoms with Crippen molar-refractivity contribution in [2.45, 2.75) is 10.4 Å². The third-order valence-electron chi connectivity index (χ3n) is 1.60. The van der Waals surface area contributed by atoms with Crippen molar-refractivity contribution in [3.05, 3.63) is 34.2 Å². The van der Waals surface area contributed by atoms with Crippen molar-refractivity contribution < 1.29 is 64.0 Å². The quantitative estimate of drug-likeness (QED) is 0.512. The van der Waals surface area contributed by atoms with E-state index >= 15 is 0 Å². The summed E-state index contributed by atoms with van der Waals surface area (Å²) in [6, 6.07) is 2.48. The van der Waals surface area contributed by atoms with Crippen LogP contribution in [0.25, 0.3) is 4.13 Å². The molecule has 1 aromatic rings. The van der Waals surface area contributed by atoms with Crippen molar-refractivity contribution in [3.63, 3.8) is 0 Å². The number of sulfonamides is 2. The summed E-state index contributed by atoms with van der Waals surface area (Å²) in [5.41, 5.74) is -5.82. The Balaban J connectivity index is 0.00000324. The summed E-state index contributed by atoms with van der Waals surface area (Å²) >= 11 is 0. The Kier molecular flexibility index (Phi) is 5.99. The third kappa shape index (κ3) is 4.68. The van der Waals surface area contributed by atoms with E-state index in [4.69, 9.17) is 0 Å². The molecule has 0 heterocycles. The second-order valence-electron chi connectivity index (χ2n) is 2.92. The largest absolute Gasteiger partial charge is 1.00 e. The van der Waals surface area contributed by atoms with Crippen LogP contribution in [-0.2, 0) is 20.0 Å². The van der Waals surface area contributed by atoms with Crippen LogP contribution < -0.4 is 29.6 Å². The van der Waals surface area contributed by atoms with Gasteiger partial charge in [-0.2, -0.15) is 13.2 Å². The Morgan fingerprint density at radius 1 is 0.947 bits per heavy atom. The van der Waals surface area contributed by atoms with Gasteiger partial charge in [-0.25, -0.2) is 21.2 Å². The minimum Gasteiger partial charge on any atom is -0.424 e. The smallest absolute Gasteiger partial charge is 0.424 e. The van der Waals surface area contributed by atoms with Gasteiger partial charge in [-0.1, -0.05) is 0 Å². The van der Waals surface area contributed by atoms with Crippen LogP contribution in [0.2, 0.25) is 0 Å². The molecule has 0 unspecified atom stereocenters. The van der Waals surface area contributed by atoms with Crippen LogP contribution in [0.4, 0.5) is 17.6 Å². The number of halogens is 4. The molecular weight excluding hydrogens is 325 g/mol. The number of hydrogen-bond acceptors (Lipinski definition) is 4. The average Bonchev–Trinajstić information content (AvgIpc) is 2.14. The second-order valence-corrected chi connectivity index (χ2v) is 6.36. The molecule has 0 fully saturated rings. The molecule has 0 aliphatic rings. The van der Waals surface area contributed by atoms with Crippen molar-refractivity contribution in [1.29, 1.82) is 0 Å². The zero-order chi connectivity index (χ0) is 14.2. The van der Waals surface area contributed by atoms with E-state index in [1.54, 1.807) is 0 Å². The Morgan fingerprint density at radius 3 is 1.74 bits per heavy atom. The van der Waals surface area contributed by atoms with E-state index in [9.17, 15) is 34.4 Å². The molecule has 0 bridgehead atoms. The molecule has 0 atom stereocenters. The molecule has 12 heteroatoms. The van der Waals surface area contributed by atoms with Gasteiger partial charge < -0.3 is 4.13 Å². The first-order chi connectivity index (χ1) is 7.96. The first-order valence-corrected chi connectivity index (χ1v) is 6.90. The van der Waals surface area contributed by atoms with Gasteiger partial charge in [-0.15, -0.1) is 0 Å². The van der Waals surface area contributed by atoms with Crippen LogP contribution in [0.3, 0.4) is 0 Å². The van der Waals surface area contributed by atoms with E-state index in [1.165, 1.54) is 0 Å². The minimum absolute atomic E-state index is 0. The fourth-order valence-corrected chi connectivity index (χ4v) is 3.02. The standard InChI is InChI=1S/C7H4F4NO4S2.Na/c8-5-1-3-6(4-2-5)17(13,14)12-18(15,16)7(9,10)11;/h1-4H;/q-1;+1. The molecule has 0 saturated heterocycles. The molecule has 0 spiro atoms. The zero-order valence-corrected chi connectivity index (χ0v) is 12.9. The van der Waals surface area contributed by atoms with Crippen LogP contribution in [-0.4, -0.2) is 22.3 Å². The molecule has 5 nitrogen and oxygen atoms in total. The SMILES string of the molecule is O=S(=O)([N-]S(=O)(=O)C(F)(F)F)c1ccc(F)cc1.[Na+]. The van der Waals surface area contributed by atoms with Crippen molar-refractivity contribution in [2.75, 3.05) is 0 Å². The maximum atomic E-state index is 12.5. The summed E-state index contributed by atoms with van der Waals surface area (Å²) in [4.78, 5) is -0.864. The number of benzene rings is 1. The molecule has 0 aromatic heterocycles. The number of rotatable bonds is 3. The van der Waals surface area contributed by atoms with Gasteiger partial charge in [-0.3, -0.25) is 0 Å². The molecule has 0 aliphatic heterocycles. The first-order valence-electron chi connectivity index (χ1n) is 4.02. The van der Waals surface area contributed by atoms with Crippen LogP contribution >= 0.6 is 0 Å². The van der Waals surface area contributed by atoms with Gasteiger partial charge in [0.25, 0.3) is 0 Å². The van der Waals surface area contributed by atoms with Gasteiger partial charge in [0.1, 0.15) is 15.8 Å². The number of nitrogens with zero attached hydrogens (tertiary/aromatic N) is 1. The van der Waals surface area contributed by atoms with Crippen molar-refractivity contribution in [3.8, 4) is 0 Å². The predicted octanol–water partition coefficient (Wildman–Crippen LogP) is -1.26. The average molecular weight is 329 g/mol. The molecule has 0 aliphatic carbocycles. The van der Waals surface area contributed by atoms with E-state index in [0.717, 1.165) is 0 Å². The second kappa shape index (κ2) is 6.06. The minimum atomic E-state index is -6.17. The Labute approximate surface area is 128 Å². The summed E-state index contributed by atoms with van der Waals surface area (Å²) in [7, 11) is -11.2. The maximum Gasteiger partial charge on any atom is 1.00 e. The third-order valence-corrected chi connectivity index (χ3v) is 4.62. The fourth-order valence-electron chi connectivity index (χ4n) is 0.821. The van der Waals surface area contributed by atoms with Crippen LogP contribution in [0, 0.1) is 5.82 Å². The van der Waals surface area contributed by atoms with Crippen molar-refractivity contribution >= 4 is 20.0 Å². The van der Waals surface area contributed by atoms with Crippen molar-refractivity contribution in [2.24, 2.45) is 0 Å². The molecule has 19 heavy (non-hydrogen) atoms. The maximum absolute atomic E-state index is 12.5. The molecule has 1 aromatic carbocycles. The van der Waals surface area contributed by atoms with Crippen LogP contribution in [0.1, 0.15) is 0 Å². The van der Waals surface area contributed by atoms with Gasteiger partial charge in [0, 0.05) is 4.90 Å². The molecule has 102 valence electrons. The summed E-state index contributed by atoms with van der Waals surface area (Å²) in [6.07, 6.45) is 0. The van der Waals surface area contributed by atoms with E-state index in [1.807, 2.05) is 4.13 Å². The fraction of sp³-hybridized carbons (Fsp3) is 0.143. The van der Waals surface area contributed by atoms with E-state index in [0.29, 0.717) is 24.3 Å². The van der Waals surface area contributed by atoms with E-state index < -0.39 is 36.3 Å². The van der Waals surface area contributed by atoms with Gasteiger partial charge in [0.15, 0.2) is 10.0 Å². The molecule has 0 radical (unpaired) electrons. The van der Waals surface area contributed by atoms with Gasteiger partial charge >= 0.3 is 35.1 Å². The molecule has 0 N–H and O–H groups in total. The van der Waals surface area contributed by atoms with E-state index in [2.05, 4.69) is 0 Å². The van der Waals surface area contributed by atoms with Gasteiger partial charge in [0.05, 0.1) is 0 Å². The molecule has 0 saturated carbocycles. The normalized spacial score (nSPS) is 12.8. The van der Waals surface area contributed by atoms with Crippen LogP contribution in [0.5, 0.6) is 0 Å². The van der Waals surface area contributed by atoms with Crippen molar-refractivity contribution in [1.82, 2.24) is 0 Å². The molecule has 0 amide bonds. The monoisotopic (exact) mass is 329 g/mol. The number of hydrogen-bond donors (Lipinski definition) is 0. The molecular formula is C7H4F4NNaO4S2. The van der Waals surface area contributed by atoms with Crippen LogP contribution in [0.15, 0.2) is 29.2 Å². The summed E-state index contributed by atoms with van der Waals surface area (Å²) in [5.74, 6) is -0.840. The first kappa shape index (κ1) is 18.8. The summed E-state index contributed by atoms with van der Waals surface area (Å²) in [5, 5.41) is 0. The zero-order valence-electron chi connectivity index (χ0n) is 9.22.